The lowest BCUT2D eigenvalue weighted by Crippen LogP contribution is -2.29. The molecule has 2 aromatic rings. The molecule has 2 rings (SSSR count). The average molecular weight is 332 g/mol. The van der Waals surface area contributed by atoms with Crippen LogP contribution in [0.15, 0.2) is 36.4 Å². The Bertz CT molecular complexity index is 599. The van der Waals surface area contributed by atoms with Crippen molar-refractivity contribution in [1.29, 1.82) is 0 Å². The second-order valence-corrected chi connectivity index (χ2v) is 5.50. The topological polar surface area (TPSA) is 47.3 Å². The molecule has 20 heavy (non-hydrogen) atoms. The van der Waals surface area contributed by atoms with Crippen LogP contribution in [0.1, 0.15) is 17.2 Å². The molecule has 0 heterocycles. The van der Waals surface area contributed by atoms with Gasteiger partial charge < -0.3 is 4.74 Å². The van der Waals surface area contributed by atoms with Crippen molar-refractivity contribution in [3.8, 4) is 5.75 Å². The van der Waals surface area contributed by atoms with Gasteiger partial charge in [0, 0.05) is 20.6 Å². The number of ether oxygens (including phenoxy) is 1. The van der Waals surface area contributed by atoms with E-state index in [2.05, 4.69) is 5.43 Å². The van der Waals surface area contributed by atoms with Gasteiger partial charge in [-0.25, -0.2) is 5.43 Å². The van der Waals surface area contributed by atoms with E-state index < -0.39 is 0 Å². The predicted octanol–water partition coefficient (Wildman–Crippen LogP) is 4.21. The van der Waals surface area contributed by atoms with Crippen molar-refractivity contribution >= 4 is 34.8 Å². The van der Waals surface area contributed by atoms with Gasteiger partial charge in [-0.3, -0.25) is 5.84 Å². The highest BCUT2D eigenvalue weighted by atomic mass is 35.5. The van der Waals surface area contributed by atoms with Crippen LogP contribution in [0.25, 0.3) is 0 Å². The lowest BCUT2D eigenvalue weighted by Gasteiger charge is -2.20. The Labute approximate surface area is 132 Å². The van der Waals surface area contributed by atoms with Crippen LogP contribution >= 0.6 is 34.8 Å². The molecule has 0 aliphatic rings. The Morgan fingerprint density at radius 1 is 1.00 bits per heavy atom. The summed E-state index contributed by atoms with van der Waals surface area (Å²) in [6.07, 6.45) is 0. The van der Waals surface area contributed by atoms with Gasteiger partial charge in [-0.2, -0.15) is 0 Å². The monoisotopic (exact) mass is 330 g/mol. The fourth-order valence-corrected chi connectivity index (χ4v) is 2.76. The molecule has 0 aliphatic carbocycles. The molecule has 106 valence electrons. The summed E-state index contributed by atoms with van der Waals surface area (Å²) in [4.78, 5) is 0. The van der Waals surface area contributed by atoms with Crippen LogP contribution < -0.4 is 16.0 Å². The number of benzene rings is 2. The molecule has 0 spiro atoms. The highest BCUT2D eigenvalue weighted by Crippen LogP contribution is 2.34. The van der Waals surface area contributed by atoms with Gasteiger partial charge in [0.1, 0.15) is 5.75 Å². The maximum absolute atomic E-state index is 6.05. The Morgan fingerprint density at radius 2 is 1.65 bits per heavy atom. The summed E-state index contributed by atoms with van der Waals surface area (Å²) in [7, 11) is 1.59. The van der Waals surface area contributed by atoms with Gasteiger partial charge >= 0.3 is 0 Å². The summed E-state index contributed by atoms with van der Waals surface area (Å²) in [5, 5.41) is 1.66. The fourth-order valence-electron chi connectivity index (χ4n) is 2.04. The summed E-state index contributed by atoms with van der Waals surface area (Å²) < 4.78 is 5.34. The van der Waals surface area contributed by atoms with Crippen molar-refractivity contribution in [2.75, 3.05) is 7.11 Å². The Kier molecular flexibility index (Phi) is 5.13. The fraction of sp³-hybridized carbons (Fsp3) is 0.143. The molecule has 1 atom stereocenters. The van der Waals surface area contributed by atoms with Crippen LogP contribution in [0.3, 0.4) is 0 Å². The van der Waals surface area contributed by atoms with Crippen molar-refractivity contribution in [3.05, 3.63) is 62.6 Å². The number of hydrogen-bond donors (Lipinski definition) is 2. The average Bonchev–Trinajstić information content (AvgIpc) is 2.39. The van der Waals surface area contributed by atoms with Gasteiger partial charge in [0.05, 0.1) is 13.2 Å². The largest absolute Gasteiger partial charge is 0.496 e. The minimum Gasteiger partial charge on any atom is -0.496 e. The summed E-state index contributed by atoms with van der Waals surface area (Å²) >= 11 is 18.1. The lowest BCUT2D eigenvalue weighted by atomic mass is 9.98. The second kappa shape index (κ2) is 6.66. The Hall–Kier alpha value is -0.970. The number of nitrogens with two attached hydrogens (primary N) is 1. The molecule has 0 amide bonds. The van der Waals surface area contributed by atoms with Crippen LogP contribution in [0.2, 0.25) is 15.1 Å². The first-order valence-corrected chi connectivity index (χ1v) is 6.94. The molecule has 0 aliphatic heterocycles. The van der Waals surface area contributed by atoms with Crippen molar-refractivity contribution in [2.24, 2.45) is 5.84 Å². The highest BCUT2D eigenvalue weighted by Gasteiger charge is 2.18. The lowest BCUT2D eigenvalue weighted by molar-refractivity contribution is 0.404. The number of nitrogens with one attached hydrogen (secondary N) is 1. The van der Waals surface area contributed by atoms with Gasteiger partial charge in [-0.1, -0.05) is 34.8 Å². The van der Waals surface area contributed by atoms with Gasteiger partial charge in [0.2, 0.25) is 0 Å². The zero-order chi connectivity index (χ0) is 14.7. The highest BCUT2D eigenvalue weighted by molar-refractivity contribution is 6.34. The van der Waals surface area contributed by atoms with E-state index in [0.717, 1.165) is 11.1 Å². The van der Waals surface area contributed by atoms with Crippen molar-refractivity contribution < 1.29 is 4.74 Å². The van der Waals surface area contributed by atoms with Crippen molar-refractivity contribution in [1.82, 2.24) is 5.43 Å². The molecule has 0 fully saturated rings. The van der Waals surface area contributed by atoms with E-state index in [-0.39, 0.29) is 6.04 Å². The molecule has 3 nitrogen and oxygen atoms in total. The van der Waals surface area contributed by atoms with Gasteiger partial charge in [-0.05, 0) is 42.0 Å². The zero-order valence-electron chi connectivity index (χ0n) is 10.7. The third-order valence-electron chi connectivity index (χ3n) is 2.89. The quantitative estimate of drug-likeness (QED) is 0.652. The SMILES string of the molecule is COc1ccc(Cl)cc1C(NN)c1cc(Cl)cc(Cl)c1. The molecule has 0 saturated carbocycles. The van der Waals surface area contributed by atoms with Crippen LogP contribution in [0.5, 0.6) is 5.75 Å². The maximum atomic E-state index is 6.05. The predicted molar refractivity (Wildman–Crippen MR) is 83.6 cm³/mol. The van der Waals surface area contributed by atoms with Crippen LogP contribution in [0, 0.1) is 0 Å². The van der Waals surface area contributed by atoms with E-state index in [9.17, 15) is 0 Å². The first-order chi connectivity index (χ1) is 9.55. The second-order valence-electron chi connectivity index (χ2n) is 4.19. The molecular weight excluding hydrogens is 319 g/mol. The van der Waals surface area contributed by atoms with Gasteiger partial charge in [0.15, 0.2) is 0 Å². The van der Waals surface area contributed by atoms with Crippen molar-refractivity contribution in [2.45, 2.75) is 6.04 Å². The molecule has 1 unspecified atom stereocenters. The van der Waals surface area contributed by atoms with Gasteiger partial charge in [0.25, 0.3) is 0 Å². The number of hydrogen-bond acceptors (Lipinski definition) is 3. The molecule has 3 N–H and O–H groups in total. The molecule has 6 heteroatoms. The smallest absolute Gasteiger partial charge is 0.124 e. The van der Waals surface area contributed by atoms with Gasteiger partial charge in [-0.15, -0.1) is 0 Å². The van der Waals surface area contributed by atoms with E-state index in [1.54, 1.807) is 43.5 Å². The number of hydrazine groups is 1. The van der Waals surface area contributed by atoms with Crippen molar-refractivity contribution in [3.63, 3.8) is 0 Å². The minimum atomic E-state index is -0.333. The minimum absolute atomic E-state index is 0.333. The third-order valence-corrected chi connectivity index (χ3v) is 3.56. The zero-order valence-corrected chi connectivity index (χ0v) is 12.9. The Morgan fingerprint density at radius 3 is 2.20 bits per heavy atom. The van der Waals surface area contributed by atoms with E-state index in [4.69, 9.17) is 45.4 Å². The summed E-state index contributed by atoms with van der Waals surface area (Å²) in [6.45, 7) is 0. The molecule has 0 aromatic heterocycles. The third kappa shape index (κ3) is 3.37. The first kappa shape index (κ1) is 15.4. The van der Waals surface area contributed by atoms with E-state index in [1.165, 1.54) is 0 Å². The van der Waals surface area contributed by atoms with E-state index >= 15 is 0 Å². The number of rotatable bonds is 4. The standard InChI is InChI=1S/C14H13Cl3N2O/c1-20-13-3-2-9(15)7-12(13)14(19-18)8-4-10(16)6-11(17)5-8/h2-7,14,19H,18H2,1H3. The molecule has 0 bridgehead atoms. The van der Waals surface area contributed by atoms with E-state index in [1.807, 2.05) is 0 Å². The summed E-state index contributed by atoms with van der Waals surface area (Å²) in [5.41, 5.74) is 4.37. The van der Waals surface area contributed by atoms with E-state index in [0.29, 0.717) is 20.8 Å². The van der Waals surface area contributed by atoms with Crippen LogP contribution in [0.4, 0.5) is 0 Å². The normalized spacial score (nSPS) is 12.2. The first-order valence-electron chi connectivity index (χ1n) is 5.80. The number of halogens is 3. The number of methoxy groups -OCH3 is 1. The molecule has 2 aromatic carbocycles. The maximum Gasteiger partial charge on any atom is 0.124 e. The van der Waals surface area contributed by atoms with Crippen LogP contribution in [-0.4, -0.2) is 7.11 Å². The summed E-state index contributed by atoms with van der Waals surface area (Å²) in [6, 6.07) is 10.2. The molecule has 0 saturated heterocycles. The summed E-state index contributed by atoms with van der Waals surface area (Å²) in [5.74, 6) is 6.35. The molecular formula is C14H13Cl3N2O. The van der Waals surface area contributed by atoms with Crippen LogP contribution in [-0.2, 0) is 0 Å². The Balaban J connectivity index is 2.54. The molecule has 0 radical (unpaired) electrons.